The van der Waals surface area contributed by atoms with Gasteiger partial charge in [0.25, 0.3) is 0 Å². The van der Waals surface area contributed by atoms with E-state index in [4.69, 9.17) is 16.3 Å². The standard InChI is InChI=1S/C15H15ClN2O/c1-19-9-13-8-14(16)18-15(17-13)12-6-10-4-2-3-5-11(10)7-12/h2-5,8,12H,6-7,9H2,1H3. The first kappa shape index (κ1) is 12.6. The van der Waals surface area contributed by atoms with E-state index in [2.05, 4.69) is 34.2 Å². The van der Waals surface area contributed by atoms with E-state index in [0.29, 0.717) is 17.7 Å². The molecule has 0 saturated heterocycles. The van der Waals surface area contributed by atoms with Gasteiger partial charge in [0.15, 0.2) is 0 Å². The molecule has 0 fully saturated rings. The zero-order valence-corrected chi connectivity index (χ0v) is 11.5. The lowest BCUT2D eigenvalue weighted by Crippen LogP contribution is -2.07. The quantitative estimate of drug-likeness (QED) is 0.807. The Morgan fingerprint density at radius 3 is 2.53 bits per heavy atom. The van der Waals surface area contributed by atoms with E-state index in [0.717, 1.165) is 24.4 Å². The first-order valence-corrected chi connectivity index (χ1v) is 6.73. The molecule has 1 aromatic heterocycles. The summed E-state index contributed by atoms with van der Waals surface area (Å²) in [5, 5.41) is 0.494. The summed E-state index contributed by atoms with van der Waals surface area (Å²) >= 11 is 6.07. The lowest BCUT2D eigenvalue weighted by molar-refractivity contribution is 0.181. The maximum absolute atomic E-state index is 6.07. The van der Waals surface area contributed by atoms with Crippen LogP contribution in [0.15, 0.2) is 30.3 Å². The van der Waals surface area contributed by atoms with Gasteiger partial charge < -0.3 is 4.74 Å². The molecule has 0 unspecified atom stereocenters. The van der Waals surface area contributed by atoms with Gasteiger partial charge in [-0.05, 0) is 30.0 Å². The number of rotatable bonds is 3. The van der Waals surface area contributed by atoms with E-state index in [1.165, 1.54) is 11.1 Å². The van der Waals surface area contributed by atoms with E-state index in [1.54, 1.807) is 13.2 Å². The van der Waals surface area contributed by atoms with Gasteiger partial charge in [-0.25, -0.2) is 9.97 Å². The van der Waals surface area contributed by atoms with Crippen molar-refractivity contribution in [2.75, 3.05) is 7.11 Å². The van der Waals surface area contributed by atoms with Crippen LogP contribution >= 0.6 is 11.6 Å². The molecule has 0 spiro atoms. The van der Waals surface area contributed by atoms with Gasteiger partial charge in [-0.15, -0.1) is 0 Å². The zero-order chi connectivity index (χ0) is 13.2. The van der Waals surface area contributed by atoms with Crippen LogP contribution in [0.25, 0.3) is 0 Å². The number of halogens is 1. The smallest absolute Gasteiger partial charge is 0.134 e. The number of fused-ring (bicyclic) bond motifs is 1. The number of aromatic nitrogens is 2. The SMILES string of the molecule is COCc1cc(Cl)nc(C2Cc3ccccc3C2)n1. The van der Waals surface area contributed by atoms with Crippen molar-refractivity contribution < 1.29 is 4.74 Å². The van der Waals surface area contributed by atoms with Crippen molar-refractivity contribution in [3.8, 4) is 0 Å². The predicted octanol–water partition coefficient (Wildman–Crippen LogP) is 3.16. The van der Waals surface area contributed by atoms with Crippen molar-refractivity contribution in [1.82, 2.24) is 9.97 Å². The molecule has 2 aromatic rings. The van der Waals surface area contributed by atoms with Crippen LogP contribution in [0, 0.1) is 0 Å². The molecule has 19 heavy (non-hydrogen) atoms. The van der Waals surface area contributed by atoms with E-state index < -0.39 is 0 Å². The van der Waals surface area contributed by atoms with Gasteiger partial charge in [-0.1, -0.05) is 35.9 Å². The summed E-state index contributed by atoms with van der Waals surface area (Å²) in [5.74, 6) is 1.16. The topological polar surface area (TPSA) is 35.0 Å². The molecule has 3 nitrogen and oxygen atoms in total. The number of nitrogens with zero attached hydrogens (tertiary/aromatic N) is 2. The van der Waals surface area contributed by atoms with E-state index >= 15 is 0 Å². The second-order valence-electron chi connectivity index (χ2n) is 4.85. The van der Waals surface area contributed by atoms with Crippen LogP contribution in [0.3, 0.4) is 0 Å². The molecule has 0 atom stereocenters. The summed E-state index contributed by atoms with van der Waals surface area (Å²) in [6.45, 7) is 0.467. The molecule has 0 bridgehead atoms. The molecule has 98 valence electrons. The predicted molar refractivity (Wildman–Crippen MR) is 74.3 cm³/mol. The highest BCUT2D eigenvalue weighted by Crippen LogP contribution is 2.32. The first-order chi connectivity index (χ1) is 9.26. The second kappa shape index (κ2) is 5.27. The monoisotopic (exact) mass is 274 g/mol. The van der Waals surface area contributed by atoms with Crippen LogP contribution in [0.4, 0.5) is 0 Å². The van der Waals surface area contributed by atoms with Crippen molar-refractivity contribution in [2.24, 2.45) is 0 Å². The fourth-order valence-electron chi connectivity index (χ4n) is 2.63. The number of hydrogen-bond donors (Lipinski definition) is 0. The normalized spacial score (nSPS) is 14.6. The van der Waals surface area contributed by atoms with E-state index in [-0.39, 0.29) is 0 Å². The van der Waals surface area contributed by atoms with Crippen molar-refractivity contribution in [3.05, 3.63) is 58.1 Å². The third-order valence-corrected chi connectivity index (χ3v) is 3.67. The molecule has 0 aliphatic heterocycles. The number of ether oxygens (including phenoxy) is 1. The van der Waals surface area contributed by atoms with Gasteiger partial charge in [-0.3, -0.25) is 0 Å². The van der Waals surface area contributed by atoms with Crippen LogP contribution in [-0.2, 0) is 24.2 Å². The average Bonchev–Trinajstić information content (AvgIpc) is 2.82. The molecular weight excluding hydrogens is 260 g/mol. The fraction of sp³-hybridized carbons (Fsp3) is 0.333. The zero-order valence-electron chi connectivity index (χ0n) is 10.8. The summed E-state index contributed by atoms with van der Waals surface area (Å²) < 4.78 is 5.11. The number of methoxy groups -OCH3 is 1. The highest BCUT2D eigenvalue weighted by molar-refractivity contribution is 6.29. The lowest BCUT2D eigenvalue weighted by Gasteiger charge is -2.09. The Bertz CT molecular complexity index is 575. The lowest BCUT2D eigenvalue weighted by atomic mass is 10.1. The number of benzene rings is 1. The molecule has 3 rings (SSSR count). The second-order valence-corrected chi connectivity index (χ2v) is 5.23. The Morgan fingerprint density at radius 1 is 1.21 bits per heavy atom. The molecule has 1 heterocycles. The van der Waals surface area contributed by atoms with Crippen LogP contribution < -0.4 is 0 Å². The highest BCUT2D eigenvalue weighted by atomic mass is 35.5. The average molecular weight is 275 g/mol. The summed E-state index contributed by atoms with van der Waals surface area (Å²) in [4.78, 5) is 8.95. The van der Waals surface area contributed by atoms with Gasteiger partial charge in [0.2, 0.25) is 0 Å². The van der Waals surface area contributed by atoms with Crippen molar-refractivity contribution >= 4 is 11.6 Å². The third-order valence-electron chi connectivity index (χ3n) is 3.47. The van der Waals surface area contributed by atoms with Gasteiger partial charge in [0.05, 0.1) is 12.3 Å². The Labute approximate surface area is 117 Å². The van der Waals surface area contributed by atoms with E-state index in [9.17, 15) is 0 Å². The van der Waals surface area contributed by atoms with Crippen LogP contribution in [-0.4, -0.2) is 17.1 Å². The summed E-state index contributed by atoms with van der Waals surface area (Å²) in [6, 6.07) is 10.3. The minimum atomic E-state index is 0.326. The minimum absolute atomic E-state index is 0.326. The van der Waals surface area contributed by atoms with Crippen molar-refractivity contribution in [1.29, 1.82) is 0 Å². The molecule has 0 saturated carbocycles. The van der Waals surface area contributed by atoms with Gasteiger partial charge >= 0.3 is 0 Å². The molecule has 1 aromatic carbocycles. The Morgan fingerprint density at radius 2 is 1.89 bits per heavy atom. The van der Waals surface area contributed by atoms with Crippen LogP contribution in [0.5, 0.6) is 0 Å². The molecule has 0 radical (unpaired) electrons. The number of hydrogen-bond acceptors (Lipinski definition) is 3. The van der Waals surface area contributed by atoms with Crippen LogP contribution in [0.1, 0.15) is 28.6 Å². The minimum Gasteiger partial charge on any atom is -0.378 e. The first-order valence-electron chi connectivity index (χ1n) is 6.35. The van der Waals surface area contributed by atoms with Gasteiger partial charge in [0, 0.05) is 13.0 Å². The molecule has 0 N–H and O–H groups in total. The molecule has 1 aliphatic rings. The molecule has 1 aliphatic carbocycles. The summed E-state index contributed by atoms with van der Waals surface area (Å²) in [6.07, 6.45) is 1.98. The maximum Gasteiger partial charge on any atom is 0.134 e. The van der Waals surface area contributed by atoms with Crippen molar-refractivity contribution in [2.45, 2.75) is 25.4 Å². The summed E-state index contributed by atoms with van der Waals surface area (Å²) in [5.41, 5.74) is 3.63. The fourth-order valence-corrected chi connectivity index (χ4v) is 2.84. The van der Waals surface area contributed by atoms with Gasteiger partial charge in [0.1, 0.15) is 11.0 Å². The van der Waals surface area contributed by atoms with Gasteiger partial charge in [-0.2, -0.15) is 0 Å². The molecular formula is C15H15ClN2O. The molecule has 0 amide bonds. The largest absolute Gasteiger partial charge is 0.378 e. The highest BCUT2D eigenvalue weighted by Gasteiger charge is 2.25. The maximum atomic E-state index is 6.07. The third kappa shape index (κ3) is 2.62. The Kier molecular flexibility index (Phi) is 3.49. The van der Waals surface area contributed by atoms with Crippen LogP contribution in [0.2, 0.25) is 5.15 Å². The van der Waals surface area contributed by atoms with Crippen molar-refractivity contribution in [3.63, 3.8) is 0 Å². The molecule has 4 heteroatoms. The van der Waals surface area contributed by atoms with E-state index in [1.807, 2.05) is 0 Å². The Hall–Kier alpha value is -1.45. The summed E-state index contributed by atoms with van der Waals surface area (Å²) in [7, 11) is 1.65. The Balaban J connectivity index is 1.88.